The summed E-state index contributed by atoms with van der Waals surface area (Å²) in [4.78, 5) is 25.6. The Morgan fingerprint density at radius 1 is 1.36 bits per heavy atom. The molecule has 1 aromatic rings. The molecule has 0 radical (unpaired) electrons. The number of carbonyl (C=O) groups is 2. The monoisotopic (exact) mass is 387 g/mol. The van der Waals surface area contributed by atoms with Crippen LogP contribution in [0.1, 0.15) is 37.7 Å². The van der Waals surface area contributed by atoms with Crippen molar-refractivity contribution >= 4 is 39.2 Å². The number of rotatable bonds is 5. The van der Waals surface area contributed by atoms with Gasteiger partial charge in [-0.2, -0.15) is 0 Å². The highest BCUT2D eigenvalue weighted by Gasteiger charge is 2.17. The molecule has 1 aliphatic rings. The first-order chi connectivity index (χ1) is 10.5. The van der Waals surface area contributed by atoms with Gasteiger partial charge in [0.15, 0.2) is 0 Å². The Kier molecular flexibility index (Phi) is 6.85. The van der Waals surface area contributed by atoms with Gasteiger partial charge in [0.05, 0.1) is 10.3 Å². The first-order valence-electron chi connectivity index (χ1n) is 7.55. The molecule has 0 spiro atoms. The van der Waals surface area contributed by atoms with Crippen molar-refractivity contribution in [1.82, 2.24) is 15.5 Å². The minimum atomic E-state index is -0.372. The lowest BCUT2D eigenvalue weighted by molar-refractivity contribution is -0.121. The van der Waals surface area contributed by atoms with E-state index in [2.05, 4.69) is 26.6 Å². The number of urea groups is 1. The van der Waals surface area contributed by atoms with E-state index in [-0.39, 0.29) is 24.5 Å². The van der Waals surface area contributed by atoms with E-state index in [1.807, 2.05) is 23.4 Å². The molecule has 0 unspecified atom stereocenters. The first kappa shape index (κ1) is 17.4. The van der Waals surface area contributed by atoms with Crippen molar-refractivity contribution in [2.24, 2.45) is 0 Å². The van der Waals surface area contributed by atoms with Gasteiger partial charge >= 0.3 is 6.03 Å². The maximum absolute atomic E-state index is 11.9. The molecule has 1 fully saturated rings. The normalized spacial score (nSPS) is 15.8. The molecule has 2 rings (SSSR count). The number of amides is 3. The first-order valence-corrected chi connectivity index (χ1v) is 9.22. The van der Waals surface area contributed by atoms with Crippen molar-refractivity contribution in [3.8, 4) is 0 Å². The van der Waals surface area contributed by atoms with Crippen LogP contribution in [0.15, 0.2) is 15.2 Å². The SMILES string of the molecule is CN(CC(=O)NC(=O)NC1CCCCC1)Cc1csc(Br)c1. The van der Waals surface area contributed by atoms with Gasteiger partial charge in [0.1, 0.15) is 0 Å². The highest BCUT2D eigenvalue weighted by molar-refractivity contribution is 9.11. The van der Waals surface area contributed by atoms with Gasteiger partial charge in [-0.15, -0.1) is 11.3 Å². The van der Waals surface area contributed by atoms with Crippen LogP contribution in [-0.4, -0.2) is 36.5 Å². The fourth-order valence-corrected chi connectivity index (χ4v) is 3.88. The summed E-state index contributed by atoms with van der Waals surface area (Å²) in [6, 6.07) is 1.88. The van der Waals surface area contributed by atoms with Crippen molar-refractivity contribution in [3.63, 3.8) is 0 Å². The second-order valence-electron chi connectivity index (χ2n) is 5.79. The van der Waals surface area contributed by atoms with Crippen molar-refractivity contribution in [2.45, 2.75) is 44.7 Å². The van der Waals surface area contributed by atoms with E-state index in [1.54, 1.807) is 11.3 Å². The van der Waals surface area contributed by atoms with Gasteiger partial charge in [0.2, 0.25) is 5.91 Å². The van der Waals surface area contributed by atoms with Crippen LogP contribution in [0.25, 0.3) is 0 Å². The minimum Gasteiger partial charge on any atom is -0.335 e. The molecule has 1 heterocycles. The molecule has 1 aromatic heterocycles. The number of hydrogen-bond acceptors (Lipinski definition) is 4. The van der Waals surface area contributed by atoms with Crippen LogP contribution in [0, 0.1) is 0 Å². The molecule has 22 heavy (non-hydrogen) atoms. The van der Waals surface area contributed by atoms with Crippen molar-refractivity contribution in [1.29, 1.82) is 0 Å². The fraction of sp³-hybridized carbons (Fsp3) is 0.600. The van der Waals surface area contributed by atoms with E-state index in [0.717, 1.165) is 35.0 Å². The second-order valence-corrected chi connectivity index (χ2v) is 8.08. The highest BCUT2D eigenvalue weighted by Crippen LogP contribution is 2.21. The Balaban J connectivity index is 1.68. The Hall–Kier alpha value is -0.920. The molecule has 0 aliphatic heterocycles. The maximum Gasteiger partial charge on any atom is 0.321 e. The third-order valence-electron chi connectivity index (χ3n) is 3.68. The van der Waals surface area contributed by atoms with Crippen LogP contribution in [0.4, 0.5) is 4.79 Å². The topological polar surface area (TPSA) is 61.4 Å². The van der Waals surface area contributed by atoms with Gasteiger partial charge in [-0.25, -0.2) is 4.79 Å². The van der Waals surface area contributed by atoms with Gasteiger partial charge in [-0.05, 0) is 52.8 Å². The Morgan fingerprint density at radius 2 is 2.09 bits per heavy atom. The molecule has 122 valence electrons. The Labute approximate surface area is 143 Å². The lowest BCUT2D eigenvalue weighted by Gasteiger charge is -2.23. The summed E-state index contributed by atoms with van der Waals surface area (Å²) >= 11 is 5.04. The summed E-state index contributed by atoms with van der Waals surface area (Å²) in [7, 11) is 1.87. The lowest BCUT2D eigenvalue weighted by Crippen LogP contribution is -2.47. The molecule has 1 aliphatic carbocycles. The Morgan fingerprint density at radius 3 is 2.73 bits per heavy atom. The second kappa shape index (κ2) is 8.64. The molecule has 0 saturated heterocycles. The number of imide groups is 1. The highest BCUT2D eigenvalue weighted by atomic mass is 79.9. The van der Waals surface area contributed by atoms with E-state index in [9.17, 15) is 9.59 Å². The van der Waals surface area contributed by atoms with Gasteiger partial charge in [0.25, 0.3) is 0 Å². The fourth-order valence-electron chi connectivity index (χ4n) is 2.68. The summed E-state index contributed by atoms with van der Waals surface area (Å²) in [5.74, 6) is -0.273. The van der Waals surface area contributed by atoms with Crippen LogP contribution >= 0.6 is 27.3 Å². The van der Waals surface area contributed by atoms with E-state index in [0.29, 0.717) is 6.54 Å². The van der Waals surface area contributed by atoms with Crippen LogP contribution in [-0.2, 0) is 11.3 Å². The molecule has 3 amide bonds. The third kappa shape index (κ3) is 6.06. The lowest BCUT2D eigenvalue weighted by atomic mass is 9.96. The zero-order valence-corrected chi connectivity index (χ0v) is 15.1. The molecule has 5 nitrogen and oxygen atoms in total. The summed E-state index contributed by atoms with van der Waals surface area (Å²) in [6.07, 6.45) is 5.56. The molecule has 0 bridgehead atoms. The number of hydrogen-bond donors (Lipinski definition) is 2. The van der Waals surface area contributed by atoms with Crippen molar-refractivity contribution in [3.05, 3.63) is 20.8 Å². The van der Waals surface area contributed by atoms with Gasteiger partial charge in [-0.3, -0.25) is 15.0 Å². The van der Waals surface area contributed by atoms with Crippen LogP contribution in [0.2, 0.25) is 0 Å². The molecular weight excluding hydrogens is 366 g/mol. The smallest absolute Gasteiger partial charge is 0.321 e. The molecule has 1 saturated carbocycles. The minimum absolute atomic E-state index is 0.200. The van der Waals surface area contributed by atoms with E-state index in [1.165, 1.54) is 6.42 Å². The number of nitrogens with zero attached hydrogens (tertiary/aromatic N) is 1. The summed E-state index contributed by atoms with van der Waals surface area (Å²) in [5.41, 5.74) is 1.15. The predicted octanol–water partition coefficient (Wildman–Crippen LogP) is 3.10. The molecular formula is C15H22BrN3O2S. The molecule has 0 aromatic carbocycles. The molecule has 0 atom stereocenters. The average Bonchev–Trinajstić information content (AvgIpc) is 2.84. The van der Waals surface area contributed by atoms with Gasteiger partial charge in [-0.1, -0.05) is 19.3 Å². The molecule has 2 N–H and O–H groups in total. The number of nitrogens with one attached hydrogen (secondary N) is 2. The van der Waals surface area contributed by atoms with E-state index >= 15 is 0 Å². The summed E-state index contributed by atoms with van der Waals surface area (Å²) < 4.78 is 1.08. The summed E-state index contributed by atoms with van der Waals surface area (Å²) in [5, 5.41) is 7.34. The zero-order chi connectivity index (χ0) is 15.9. The van der Waals surface area contributed by atoms with Gasteiger partial charge in [0, 0.05) is 12.6 Å². The van der Waals surface area contributed by atoms with Crippen LogP contribution in [0.5, 0.6) is 0 Å². The Bertz CT molecular complexity index is 515. The number of likely N-dealkylation sites (N-methyl/N-ethyl adjacent to an activating group) is 1. The van der Waals surface area contributed by atoms with E-state index in [4.69, 9.17) is 0 Å². The number of halogens is 1. The maximum atomic E-state index is 11.9. The third-order valence-corrected chi connectivity index (χ3v) is 5.23. The zero-order valence-electron chi connectivity index (χ0n) is 12.7. The quantitative estimate of drug-likeness (QED) is 0.815. The van der Waals surface area contributed by atoms with Crippen molar-refractivity contribution < 1.29 is 9.59 Å². The van der Waals surface area contributed by atoms with Gasteiger partial charge < -0.3 is 5.32 Å². The standard InChI is InChI=1S/C15H22BrN3O2S/c1-19(8-11-7-13(16)22-10-11)9-14(20)18-15(21)17-12-5-3-2-4-6-12/h7,10,12H,2-6,8-9H2,1H3,(H2,17,18,20,21). The average molecular weight is 388 g/mol. The van der Waals surface area contributed by atoms with E-state index < -0.39 is 0 Å². The predicted molar refractivity (Wildman–Crippen MR) is 91.9 cm³/mol. The van der Waals surface area contributed by atoms with Crippen LogP contribution in [0.3, 0.4) is 0 Å². The number of carbonyl (C=O) groups excluding carboxylic acids is 2. The largest absolute Gasteiger partial charge is 0.335 e. The molecule has 7 heteroatoms. The number of thiophene rings is 1. The summed E-state index contributed by atoms with van der Waals surface area (Å²) in [6.45, 7) is 0.880. The van der Waals surface area contributed by atoms with Crippen LogP contribution < -0.4 is 10.6 Å². The van der Waals surface area contributed by atoms with Crippen molar-refractivity contribution in [2.75, 3.05) is 13.6 Å².